The zero-order chi connectivity index (χ0) is 28.9. The number of aryl methyl sites for hydroxylation is 1. The largest absolute Gasteiger partial charge is 0.367 e. The maximum absolute atomic E-state index is 14.1. The van der Waals surface area contributed by atoms with Crippen molar-refractivity contribution in [2.24, 2.45) is 0 Å². The van der Waals surface area contributed by atoms with E-state index in [0.717, 1.165) is 22.3 Å². The molecule has 0 aromatic heterocycles. The van der Waals surface area contributed by atoms with Crippen LogP contribution in [0, 0.1) is 12.7 Å². The van der Waals surface area contributed by atoms with Crippen LogP contribution in [0.3, 0.4) is 0 Å². The van der Waals surface area contributed by atoms with Gasteiger partial charge in [0.25, 0.3) is 5.91 Å². The summed E-state index contributed by atoms with van der Waals surface area (Å²) in [5.74, 6) is -1.04. The molecular weight excluding hydrogens is 567 g/mol. The Balaban J connectivity index is 1.33. The van der Waals surface area contributed by atoms with E-state index < -0.39 is 43.3 Å². The van der Waals surface area contributed by atoms with Crippen molar-refractivity contribution in [2.75, 3.05) is 25.4 Å². The smallest absolute Gasteiger partial charge is 0.252 e. The number of amides is 1. The van der Waals surface area contributed by atoms with Crippen LogP contribution in [0.4, 0.5) is 4.39 Å². The second kappa shape index (κ2) is 10.6. The Morgan fingerprint density at radius 1 is 0.976 bits per heavy atom. The van der Waals surface area contributed by atoms with Crippen LogP contribution in [-0.2, 0) is 35.8 Å². The summed E-state index contributed by atoms with van der Waals surface area (Å²) in [5, 5.41) is -1.06. The predicted octanol–water partition coefficient (Wildman–Crippen LogP) is 3.25. The molecule has 0 N–H and O–H groups in total. The number of rotatable bonds is 4. The topological polar surface area (TPSA) is 101 Å². The van der Waals surface area contributed by atoms with Crippen molar-refractivity contribution in [3.63, 3.8) is 0 Å². The summed E-state index contributed by atoms with van der Waals surface area (Å²) in [6.07, 6.45) is -0.503. The third-order valence-electron chi connectivity index (χ3n) is 8.43. The van der Waals surface area contributed by atoms with E-state index in [1.165, 1.54) is 28.6 Å². The van der Waals surface area contributed by atoms with Gasteiger partial charge in [0, 0.05) is 25.6 Å². The molecule has 0 unspecified atom stereocenters. The summed E-state index contributed by atoms with van der Waals surface area (Å²) < 4.78 is 74.4. The highest BCUT2D eigenvalue weighted by Crippen LogP contribution is 2.38. The van der Waals surface area contributed by atoms with Gasteiger partial charge < -0.3 is 9.64 Å². The van der Waals surface area contributed by atoms with Crippen LogP contribution in [0.2, 0.25) is 0 Å². The number of halogens is 1. The van der Waals surface area contributed by atoms with E-state index in [-0.39, 0.29) is 41.9 Å². The zero-order valence-corrected chi connectivity index (χ0v) is 24.2. The van der Waals surface area contributed by atoms with Crippen molar-refractivity contribution in [2.45, 2.75) is 48.1 Å². The molecule has 2 saturated heterocycles. The van der Waals surface area contributed by atoms with Crippen LogP contribution in [-0.4, -0.2) is 74.8 Å². The summed E-state index contributed by atoms with van der Waals surface area (Å²) >= 11 is 0. The summed E-state index contributed by atoms with van der Waals surface area (Å²) in [4.78, 5) is 15.9. The van der Waals surface area contributed by atoms with Gasteiger partial charge in [0.1, 0.15) is 17.2 Å². The number of fused-ring (bicyclic) bond motifs is 2. The lowest BCUT2D eigenvalue weighted by Crippen LogP contribution is -2.63. The molecule has 3 heterocycles. The summed E-state index contributed by atoms with van der Waals surface area (Å²) in [6.45, 7) is 1.78. The normalized spacial score (nSPS) is 26.1. The fourth-order valence-corrected chi connectivity index (χ4v) is 9.89. The van der Waals surface area contributed by atoms with E-state index in [9.17, 15) is 26.0 Å². The first-order valence-corrected chi connectivity index (χ1v) is 16.8. The Kier molecular flexibility index (Phi) is 7.25. The van der Waals surface area contributed by atoms with Crippen molar-refractivity contribution >= 4 is 25.8 Å². The lowest BCUT2D eigenvalue weighted by atomic mass is 9.87. The van der Waals surface area contributed by atoms with Crippen molar-refractivity contribution in [1.82, 2.24) is 9.21 Å². The highest BCUT2D eigenvalue weighted by Gasteiger charge is 2.51. The van der Waals surface area contributed by atoms with Crippen molar-refractivity contribution in [3.05, 3.63) is 101 Å². The van der Waals surface area contributed by atoms with Gasteiger partial charge in [-0.25, -0.2) is 21.2 Å². The van der Waals surface area contributed by atoms with Gasteiger partial charge in [-0.2, -0.15) is 4.31 Å². The van der Waals surface area contributed by atoms with Crippen LogP contribution in [0.1, 0.15) is 34.7 Å². The average molecular weight is 599 g/mol. The molecule has 3 aliphatic rings. The summed E-state index contributed by atoms with van der Waals surface area (Å²) in [6, 6.07) is 18.8. The highest BCUT2D eigenvalue weighted by atomic mass is 32.2. The van der Waals surface area contributed by atoms with E-state index >= 15 is 0 Å². The molecule has 0 spiro atoms. The van der Waals surface area contributed by atoms with Crippen molar-refractivity contribution < 1.29 is 30.8 Å². The van der Waals surface area contributed by atoms with Gasteiger partial charge in [0.15, 0.2) is 9.84 Å². The molecule has 4 atom stereocenters. The van der Waals surface area contributed by atoms with Gasteiger partial charge in [-0.05, 0) is 54.3 Å². The third kappa shape index (κ3) is 5.09. The first-order valence-electron chi connectivity index (χ1n) is 13.6. The number of hydrogen-bond donors (Lipinski definition) is 0. The molecule has 2 fully saturated rings. The monoisotopic (exact) mass is 598 g/mol. The first-order chi connectivity index (χ1) is 19.6. The summed E-state index contributed by atoms with van der Waals surface area (Å²) in [7, 11) is -7.65. The van der Waals surface area contributed by atoms with Crippen LogP contribution in [0.15, 0.2) is 77.7 Å². The lowest BCUT2D eigenvalue weighted by Gasteiger charge is -2.46. The molecule has 3 aliphatic heterocycles. The van der Waals surface area contributed by atoms with E-state index in [4.69, 9.17) is 4.74 Å². The molecule has 0 saturated carbocycles. The standard InChI is InChI=1S/C30H31FN2O6S2/c1-20-6-12-24(13-7-20)41(37,38)33-16-17-40(35,36)28-19-39-27(18-26(28)33)30(34)32-15-14-21-4-2-3-5-25(21)29(32)22-8-10-23(31)11-9-22/h2-13,26-29H,14-19H2,1H3/t26-,27+,28-,29-/m0/s1. The number of carbonyl (C=O) groups excluding carboxylic acids is 1. The minimum Gasteiger partial charge on any atom is -0.367 e. The molecule has 41 heavy (non-hydrogen) atoms. The van der Waals surface area contributed by atoms with Gasteiger partial charge in [0.2, 0.25) is 10.0 Å². The fourth-order valence-electron chi connectivity index (χ4n) is 6.25. The molecule has 216 valence electrons. The molecule has 0 bridgehead atoms. The van der Waals surface area contributed by atoms with Gasteiger partial charge in [-0.3, -0.25) is 4.79 Å². The Morgan fingerprint density at radius 3 is 2.41 bits per heavy atom. The molecule has 3 aromatic rings. The van der Waals surface area contributed by atoms with Crippen LogP contribution >= 0.6 is 0 Å². The quantitative estimate of drug-likeness (QED) is 0.457. The van der Waals surface area contributed by atoms with E-state index in [1.54, 1.807) is 29.2 Å². The summed E-state index contributed by atoms with van der Waals surface area (Å²) in [5.41, 5.74) is 3.66. The predicted molar refractivity (Wildman–Crippen MR) is 151 cm³/mol. The molecule has 0 radical (unpaired) electrons. The number of carbonyl (C=O) groups is 1. The van der Waals surface area contributed by atoms with Crippen LogP contribution in [0.5, 0.6) is 0 Å². The minimum atomic E-state index is -4.02. The first kappa shape index (κ1) is 28.0. The maximum Gasteiger partial charge on any atom is 0.252 e. The molecule has 6 rings (SSSR count). The van der Waals surface area contributed by atoms with Gasteiger partial charge >= 0.3 is 0 Å². The zero-order valence-electron chi connectivity index (χ0n) is 22.5. The fraction of sp³-hybridized carbons (Fsp3) is 0.367. The van der Waals surface area contributed by atoms with E-state index in [2.05, 4.69) is 0 Å². The second-order valence-corrected chi connectivity index (χ2v) is 15.1. The number of ether oxygens (including phenoxy) is 1. The van der Waals surface area contributed by atoms with Crippen LogP contribution in [0.25, 0.3) is 0 Å². The Bertz CT molecular complexity index is 1680. The van der Waals surface area contributed by atoms with Gasteiger partial charge in [0.05, 0.1) is 23.3 Å². The number of hydrogen-bond acceptors (Lipinski definition) is 6. The minimum absolute atomic E-state index is 0.0812. The number of sulfonamides is 1. The molecule has 0 aliphatic carbocycles. The third-order valence-corrected chi connectivity index (χ3v) is 12.5. The van der Waals surface area contributed by atoms with Crippen molar-refractivity contribution in [3.8, 4) is 0 Å². The SMILES string of the molecule is Cc1ccc(S(=O)(=O)N2CCS(=O)(=O)[C@H]3CO[C@@H](C(=O)N4CCc5ccccc5[C@@H]4c4ccc(F)cc4)C[C@@H]32)cc1. The average Bonchev–Trinajstić information content (AvgIpc) is 2.96. The van der Waals surface area contributed by atoms with Crippen LogP contribution < -0.4 is 0 Å². The molecule has 8 nitrogen and oxygen atoms in total. The van der Waals surface area contributed by atoms with Crippen molar-refractivity contribution in [1.29, 1.82) is 0 Å². The molecule has 1 amide bonds. The Labute approximate surface area is 239 Å². The van der Waals surface area contributed by atoms with Gasteiger partial charge in [-0.1, -0.05) is 54.1 Å². The van der Waals surface area contributed by atoms with E-state index in [1.807, 2.05) is 31.2 Å². The number of benzene rings is 3. The molecular formula is C30H31FN2O6S2. The lowest BCUT2D eigenvalue weighted by molar-refractivity contribution is -0.150. The highest BCUT2D eigenvalue weighted by molar-refractivity contribution is 7.92. The number of sulfone groups is 1. The van der Waals surface area contributed by atoms with Gasteiger partial charge in [-0.15, -0.1) is 0 Å². The molecule has 3 aromatic carbocycles. The Hall–Kier alpha value is -3.12. The van der Waals surface area contributed by atoms with E-state index in [0.29, 0.717) is 13.0 Å². The number of nitrogens with zero attached hydrogens (tertiary/aromatic N) is 2. The Morgan fingerprint density at radius 2 is 1.68 bits per heavy atom. The second-order valence-electron chi connectivity index (χ2n) is 10.9. The molecule has 11 heteroatoms. The maximum atomic E-state index is 14.1.